The first-order valence-electron chi connectivity index (χ1n) is 8.40. The summed E-state index contributed by atoms with van der Waals surface area (Å²) in [5.74, 6) is 0.468. The normalized spacial score (nSPS) is 10.5. The summed E-state index contributed by atoms with van der Waals surface area (Å²) in [4.78, 5) is 26.0. The second-order valence-electron chi connectivity index (χ2n) is 5.63. The molecule has 0 radical (unpaired) electrons. The molecule has 7 nitrogen and oxygen atoms in total. The van der Waals surface area contributed by atoms with Gasteiger partial charge in [-0.25, -0.2) is 9.97 Å². The summed E-state index contributed by atoms with van der Waals surface area (Å²) in [5.41, 5.74) is 1.70. The number of amides is 1. The number of benzene rings is 1. The van der Waals surface area contributed by atoms with Gasteiger partial charge in [-0.05, 0) is 42.7 Å². The molecule has 0 unspecified atom stereocenters. The number of anilines is 2. The van der Waals surface area contributed by atoms with Gasteiger partial charge in [-0.2, -0.15) is 0 Å². The zero-order chi connectivity index (χ0) is 19.9. The number of carbonyl (C=O) groups is 1. The minimum Gasteiger partial charge on any atom is -0.395 e. The number of nitrogens with zero attached hydrogens (tertiary/aromatic N) is 3. The maximum absolute atomic E-state index is 13.0. The van der Waals surface area contributed by atoms with Gasteiger partial charge in [0.15, 0.2) is 5.82 Å². The summed E-state index contributed by atoms with van der Waals surface area (Å²) in [6.45, 7) is 0.156. The van der Waals surface area contributed by atoms with Gasteiger partial charge >= 0.3 is 0 Å². The monoisotopic (exact) mass is 415 g/mol. The number of hydrogen-bond acceptors (Lipinski definition) is 7. The SMILES string of the molecule is CSc1nc(-c2ccncc2)nc(NCCO)c1C(=O)Nc1ccc(Cl)cc1. The molecule has 3 rings (SSSR count). The summed E-state index contributed by atoms with van der Waals surface area (Å²) >= 11 is 7.24. The van der Waals surface area contributed by atoms with E-state index in [0.717, 1.165) is 5.56 Å². The Morgan fingerprint density at radius 2 is 1.86 bits per heavy atom. The molecule has 1 amide bonds. The first kappa shape index (κ1) is 20.1. The maximum Gasteiger partial charge on any atom is 0.262 e. The lowest BCUT2D eigenvalue weighted by Crippen LogP contribution is -2.19. The molecule has 0 spiro atoms. The van der Waals surface area contributed by atoms with Crippen molar-refractivity contribution in [3.63, 3.8) is 0 Å². The highest BCUT2D eigenvalue weighted by molar-refractivity contribution is 7.98. The van der Waals surface area contributed by atoms with Crippen molar-refractivity contribution in [1.82, 2.24) is 15.0 Å². The lowest BCUT2D eigenvalue weighted by Gasteiger charge is -2.15. The van der Waals surface area contributed by atoms with Crippen LogP contribution in [0.1, 0.15) is 10.4 Å². The van der Waals surface area contributed by atoms with Gasteiger partial charge in [-0.1, -0.05) is 11.6 Å². The van der Waals surface area contributed by atoms with E-state index in [1.807, 2.05) is 6.26 Å². The average molecular weight is 416 g/mol. The zero-order valence-electron chi connectivity index (χ0n) is 15.0. The number of halogens is 1. The number of nitrogens with one attached hydrogen (secondary N) is 2. The molecular weight excluding hydrogens is 398 g/mol. The van der Waals surface area contributed by atoms with E-state index in [1.54, 1.807) is 48.8 Å². The van der Waals surface area contributed by atoms with Crippen LogP contribution in [-0.4, -0.2) is 45.4 Å². The first-order valence-corrected chi connectivity index (χ1v) is 10.0. The van der Waals surface area contributed by atoms with Crippen molar-refractivity contribution in [3.8, 4) is 11.4 Å². The molecule has 0 aliphatic rings. The minimum atomic E-state index is -0.353. The van der Waals surface area contributed by atoms with Crippen LogP contribution in [0.25, 0.3) is 11.4 Å². The molecule has 3 N–H and O–H groups in total. The Balaban J connectivity index is 2.02. The molecule has 3 aromatic rings. The number of rotatable bonds is 7. The summed E-state index contributed by atoms with van der Waals surface area (Å²) in [7, 11) is 0. The van der Waals surface area contributed by atoms with Crippen molar-refractivity contribution < 1.29 is 9.90 Å². The molecule has 144 valence electrons. The Morgan fingerprint density at radius 1 is 1.14 bits per heavy atom. The van der Waals surface area contributed by atoms with E-state index in [2.05, 4.69) is 25.6 Å². The predicted molar refractivity (Wildman–Crippen MR) is 112 cm³/mol. The molecule has 0 saturated heterocycles. The van der Waals surface area contributed by atoms with Crippen LogP contribution in [0.15, 0.2) is 53.8 Å². The van der Waals surface area contributed by atoms with Crippen LogP contribution in [0.3, 0.4) is 0 Å². The zero-order valence-corrected chi connectivity index (χ0v) is 16.6. The Kier molecular flexibility index (Phi) is 6.80. The number of carbonyl (C=O) groups excluding carboxylic acids is 1. The lowest BCUT2D eigenvalue weighted by atomic mass is 10.2. The van der Waals surface area contributed by atoms with Crippen molar-refractivity contribution in [2.45, 2.75) is 5.03 Å². The van der Waals surface area contributed by atoms with Crippen LogP contribution in [0.2, 0.25) is 5.02 Å². The van der Waals surface area contributed by atoms with Crippen molar-refractivity contribution >= 4 is 40.8 Å². The third kappa shape index (κ3) is 4.78. The molecule has 2 aromatic heterocycles. The van der Waals surface area contributed by atoms with Crippen molar-refractivity contribution in [2.75, 3.05) is 30.0 Å². The fraction of sp³-hybridized carbons (Fsp3) is 0.158. The Labute approximate surface area is 171 Å². The topological polar surface area (TPSA) is 100 Å². The van der Waals surface area contributed by atoms with Gasteiger partial charge in [0.2, 0.25) is 0 Å². The van der Waals surface area contributed by atoms with Gasteiger partial charge in [0.25, 0.3) is 5.91 Å². The first-order chi connectivity index (χ1) is 13.6. The summed E-state index contributed by atoms with van der Waals surface area (Å²) in [6.07, 6.45) is 5.15. The standard InChI is InChI=1S/C19H18ClN5O2S/c1-28-19-15(18(27)23-14-4-2-13(20)3-5-14)17(22-10-11-26)24-16(25-19)12-6-8-21-9-7-12/h2-9,26H,10-11H2,1H3,(H,23,27)(H,22,24,25). The largest absolute Gasteiger partial charge is 0.395 e. The van der Waals surface area contributed by atoms with E-state index in [9.17, 15) is 9.90 Å². The van der Waals surface area contributed by atoms with Crippen LogP contribution < -0.4 is 10.6 Å². The third-order valence-corrected chi connectivity index (χ3v) is 4.68. The highest BCUT2D eigenvalue weighted by Crippen LogP contribution is 2.29. The molecule has 0 bridgehead atoms. The second-order valence-corrected chi connectivity index (χ2v) is 6.86. The number of aliphatic hydroxyl groups is 1. The second kappa shape index (κ2) is 9.50. The smallest absolute Gasteiger partial charge is 0.262 e. The van der Waals surface area contributed by atoms with Crippen LogP contribution in [0.4, 0.5) is 11.5 Å². The molecule has 1 aromatic carbocycles. The predicted octanol–water partition coefficient (Wildman–Crippen LogP) is 3.57. The molecular formula is C19H18ClN5O2S. The highest BCUT2D eigenvalue weighted by Gasteiger charge is 2.21. The summed E-state index contributed by atoms with van der Waals surface area (Å²) in [6, 6.07) is 10.4. The van der Waals surface area contributed by atoms with Gasteiger partial charge in [0, 0.05) is 35.2 Å². The van der Waals surface area contributed by atoms with Crippen LogP contribution >= 0.6 is 23.4 Å². The molecule has 28 heavy (non-hydrogen) atoms. The fourth-order valence-electron chi connectivity index (χ4n) is 2.45. The van der Waals surface area contributed by atoms with Gasteiger partial charge in [-0.15, -0.1) is 11.8 Å². The Morgan fingerprint density at radius 3 is 2.50 bits per heavy atom. The molecule has 0 atom stereocenters. The Bertz CT molecular complexity index is 955. The minimum absolute atomic E-state index is 0.0958. The molecule has 2 heterocycles. The number of hydrogen-bond donors (Lipinski definition) is 3. The number of thioether (sulfide) groups is 1. The third-order valence-electron chi connectivity index (χ3n) is 3.74. The van der Waals surface area contributed by atoms with Gasteiger partial charge in [0.1, 0.15) is 16.4 Å². The molecule has 0 aliphatic carbocycles. The Hall–Kier alpha value is -2.68. The maximum atomic E-state index is 13.0. The summed E-state index contributed by atoms with van der Waals surface area (Å²) in [5, 5.41) is 16.1. The van der Waals surface area contributed by atoms with Crippen LogP contribution in [0, 0.1) is 0 Å². The molecule has 0 saturated carbocycles. The van der Waals surface area contributed by atoms with Crippen molar-refractivity contribution in [3.05, 3.63) is 59.4 Å². The van der Waals surface area contributed by atoms with E-state index in [0.29, 0.717) is 32.9 Å². The number of aliphatic hydroxyl groups excluding tert-OH is 1. The number of aromatic nitrogens is 3. The van der Waals surface area contributed by atoms with Crippen LogP contribution in [-0.2, 0) is 0 Å². The highest BCUT2D eigenvalue weighted by atomic mass is 35.5. The van der Waals surface area contributed by atoms with Gasteiger partial charge < -0.3 is 15.7 Å². The molecule has 0 fully saturated rings. The van der Waals surface area contributed by atoms with Crippen LogP contribution in [0.5, 0.6) is 0 Å². The van der Waals surface area contributed by atoms with E-state index < -0.39 is 0 Å². The van der Waals surface area contributed by atoms with Crippen molar-refractivity contribution in [2.24, 2.45) is 0 Å². The van der Waals surface area contributed by atoms with Crippen molar-refractivity contribution in [1.29, 1.82) is 0 Å². The fourth-order valence-corrected chi connectivity index (χ4v) is 3.15. The lowest BCUT2D eigenvalue weighted by molar-refractivity contribution is 0.102. The van der Waals surface area contributed by atoms with E-state index in [4.69, 9.17) is 11.6 Å². The summed E-state index contributed by atoms with van der Waals surface area (Å²) < 4.78 is 0. The van der Waals surface area contributed by atoms with E-state index in [-0.39, 0.29) is 19.1 Å². The van der Waals surface area contributed by atoms with Gasteiger partial charge in [0.05, 0.1) is 6.61 Å². The van der Waals surface area contributed by atoms with E-state index >= 15 is 0 Å². The molecule has 9 heteroatoms. The number of pyridine rings is 1. The van der Waals surface area contributed by atoms with Gasteiger partial charge in [-0.3, -0.25) is 9.78 Å². The average Bonchev–Trinajstić information content (AvgIpc) is 2.73. The van der Waals surface area contributed by atoms with E-state index in [1.165, 1.54) is 11.8 Å². The molecule has 0 aliphatic heterocycles. The quantitative estimate of drug-likeness (QED) is 0.400.